The first-order valence-electron chi connectivity index (χ1n) is 5.82. The van der Waals surface area contributed by atoms with E-state index < -0.39 is 48.9 Å². The topological polar surface area (TPSA) is 105 Å². The van der Waals surface area contributed by atoms with E-state index in [1.807, 2.05) is 0 Å². The van der Waals surface area contributed by atoms with Crippen molar-refractivity contribution in [3.63, 3.8) is 0 Å². The molecule has 7 nitrogen and oxygen atoms in total. The zero-order valence-electron chi connectivity index (χ0n) is 10.2. The van der Waals surface area contributed by atoms with Gasteiger partial charge in [0.15, 0.2) is 6.23 Å². The fraction of sp³-hybridized carbons (Fsp3) is 0.636. The summed E-state index contributed by atoms with van der Waals surface area (Å²) in [5.74, 6) is -0.908. The summed E-state index contributed by atoms with van der Waals surface area (Å²) in [6.45, 7) is 0.158. The summed E-state index contributed by atoms with van der Waals surface area (Å²) in [6, 6.07) is 0. The van der Waals surface area contributed by atoms with Crippen molar-refractivity contribution in [2.24, 2.45) is 5.92 Å². The number of rotatable bonds is 3. The third kappa shape index (κ3) is 2.34. The van der Waals surface area contributed by atoms with Crippen LogP contribution in [-0.2, 0) is 4.74 Å². The molecule has 2 heterocycles. The van der Waals surface area contributed by atoms with E-state index in [0.29, 0.717) is 0 Å². The van der Waals surface area contributed by atoms with Crippen molar-refractivity contribution in [1.29, 1.82) is 0 Å². The van der Waals surface area contributed by atoms with Crippen LogP contribution in [0.2, 0.25) is 0 Å². The van der Waals surface area contributed by atoms with Crippen molar-refractivity contribution < 1.29 is 19.3 Å². The minimum Gasteiger partial charge on any atom is -0.394 e. The molecule has 1 aromatic rings. The number of hydrogen-bond acceptors (Lipinski definition) is 5. The van der Waals surface area contributed by atoms with Crippen LogP contribution in [0.4, 0.5) is 4.39 Å². The van der Waals surface area contributed by atoms with Gasteiger partial charge >= 0.3 is 5.69 Å². The van der Waals surface area contributed by atoms with Gasteiger partial charge < -0.3 is 14.9 Å². The van der Waals surface area contributed by atoms with Gasteiger partial charge in [-0.25, -0.2) is 4.79 Å². The van der Waals surface area contributed by atoms with Gasteiger partial charge in [-0.3, -0.25) is 18.7 Å². The predicted octanol–water partition coefficient (Wildman–Crippen LogP) is -1.32. The van der Waals surface area contributed by atoms with Gasteiger partial charge in [-0.2, -0.15) is 0 Å². The summed E-state index contributed by atoms with van der Waals surface area (Å²) in [5, 5.41) is 19.0. The van der Waals surface area contributed by atoms with Gasteiger partial charge in [-0.05, 0) is 6.92 Å². The molecule has 3 N–H and O–H groups in total. The van der Waals surface area contributed by atoms with E-state index in [9.17, 15) is 19.1 Å². The van der Waals surface area contributed by atoms with Gasteiger partial charge in [-0.15, -0.1) is 0 Å². The molecule has 1 fully saturated rings. The first-order valence-corrected chi connectivity index (χ1v) is 5.82. The minimum absolute atomic E-state index is 0.264. The predicted molar refractivity (Wildman–Crippen MR) is 62.5 cm³/mol. The van der Waals surface area contributed by atoms with Crippen LogP contribution in [0.1, 0.15) is 11.8 Å². The second kappa shape index (κ2) is 5.24. The standard InChI is InChI=1S/C11H15FN2O5/c1-5-3-14(11(18)13-9(5)17)10-8(16)6(2-12)7(4-15)19-10/h3,6-8,10,15-16H,2,4H2,1H3,(H,13,17,18)/t6-,7-,8+,10-/m1/s1. The maximum Gasteiger partial charge on any atom is 0.330 e. The van der Waals surface area contributed by atoms with Crippen molar-refractivity contribution in [2.45, 2.75) is 25.4 Å². The molecule has 106 valence electrons. The summed E-state index contributed by atoms with van der Waals surface area (Å²) in [6.07, 6.45) is -2.04. The van der Waals surface area contributed by atoms with Crippen LogP contribution in [0.15, 0.2) is 15.8 Å². The third-order valence-corrected chi connectivity index (χ3v) is 3.30. The number of nitrogens with zero attached hydrogens (tertiary/aromatic N) is 1. The van der Waals surface area contributed by atoms with Gasteiger partial charge in [0.1, 0.15) is 6.10 Å². The Morgan fingerprint density at radius 2 is 2.21 bits per heavy atom. The van der Waals surface area contributed by atoms with Crippen LogP contribution in [0, 0.1) is 12.8 Å². The maximum absolute atomic E-state index is 12.8. The molecule has 2 rings (SSSR count). The number of ether oxygens (including phenoxy) is 1. The first kappa shape index (κ1) is 13.9. The van der Waals surface area contributed by atoms with Crippen molar-refractivity contribution in [3.8, 4) is 0 Å². The Morgan fingerprint density at radius 1 is 1.53 bits per heavy atom. The largest absolute Gasteiger partial charge is 0.394 e. The van der Waals surface area contributed by atoms with Gasteiger partial charge in [0.2, 0.25) is 0 Å². The van der Waals surface area contributed by atoms with E-state index in [0.717, 1.165) is 4.57 Å². The summed E-state index contributed by atoms with van der Waals surface area (Å²) in [5.41, 5.74) is -1.02. The molecule has 1 aromatic heterocycles. The Labute approximate surface area is 107 Å². The summed E-state index contributed by atoms with van der Waals surface area (Å²) >= 11 is 0. The number of halogens is 1. The zero-order valence-corrected chi connectivity index (χ0v) is 10.2. The fourth-order valence-electron chi connectivity index (χ4n) is 2.17. The molecule has 0 radical (unpaired) electrons. The van der Waals surface area contributed by atoms with Crippen LogP contribution >= 0.6 is 0 Å². The number of nitrogens with one attached hydrogen (secondary N) is 1. The molecule has 0 aromatic carbocycles. The van der Waals surface area contributed by atoms with E-state index in [1.54, 1.807) is 0 Å². The average Bonchev–Trinajstić information content (AvgIpc) is 2.70. The van der Waals surface area contributed by atoms with Gasteiger partial charge in [-0.1, -0.05) is 0 Å². The minimum atomic E-state index is -1.27. The molecule has 1 aliphatic rings. The van der Waals surface area contributed by atoms with E-state index in [1.165, 1.54) is 13.1 Å². The van der Waals surface area contributed by atoms with Crippen LogP contribution in [-0.4, -0.2) is 45.3 Å². The fourth-order valence-corrected chi connectivity index (χ4v) is 2.17. The van der Waals surface area contributed by atoms with E-state index >= 15 is 0 Å². The quantitative estimate of drug-likeness (QED) is 0.634. The molecule has 0 amide bonds. The number of aryl methyl sites for hydroxylation is 1. The Hall–Kier alpha value is -1.51. The van der Waals surface area contributed by atoms with Gasteiger partial charge in [0, 0.05) is 17.7 Å². The van der Waals surface area contributed by atoms with Crippen molar-refractivity contribution in [1.82, 2.24) is 9.55 Å². The average molecular weight is 274 g/mol. The highest BCUT2D eigenvalue weighted by molar-refractivity contribution is 5.03. The number of H-pyrrole nitrogens is 1. The number of aliphatic hydroxyl groups is 2. The third-order valence-electron chi connectivity index (χ3n) is 3.30. The lowest BCUT2D eigenvalue weighted by atomic mass is 10.00. The molecular formula is C11H15FN2O5. The van der Waals surface area contributed by atoms with E-state index in [2.05, 4.69) is 4.98 Å². The first-order chi connectivity index (χ1) is 8.99. The number of aliphatic hydroxyl groups excluding tert-OH is 2. The second-order valence-electron chi connectivity index (χ2n) is 4.54. The SMILES string of the molecule is Cc1cn([C@@H]2O[C@H](CO)[C@@H](CF)[C@@H]2O)c(=O)[nH]c1=O. The molecule has 0 saturated carbocycles. The number of aromatic nitrogens is 2. The zero-order chi connectivity index (χ0) is 14.2. The van der Waals surface area contributed by atoms with Crippen LogP contribution < -0.4 is 11.2 Å². The summed E-state index contributed by atoms with van der Waals surface area (Å²) in [7, 11) is 0. The van der Waals surface area contributed by atoms with E-state index in [4.69, 9.17) is 9.84 Å². The molecule has 0 unspecified atom stereocenters. The smallest absolute Gasteiger partial charge is 0.330 e. The number of aromatic amines is 1. The monoisotopic (exact) mass is 274 g/mol. The second-order valence-corrected chi connectivity index (χ2v) is 4.54. The Morgan fingerprint density at radius 3 is 2.74 bits per heavy atom. The van der Waals surface area contributed by atoms with Crippen LogP contribution in [0.3, 0.4) is 0 Å². The molecule has 19 heavy (non-hydrogen) atoms. The highest BCUT2D eigenvalue weighted by Gasteiger charge is 2.44. The molecule has 4 atom stereocenters. The highest BCUT2D eigenvalue weighted by atomic mass is 19.1. The maximum atomic E-state index is 12.8. The highest BCUT2D eigenvalue weighted by Crippen LogP contribution is 2.33. The normalized spacial score (nSPS) is 30.7. The van der Waals surface area contributed by atoms with Crippen molar-refractivity contribution in [3.05, 3.63) is 32.6 Å². The summed E-state index contributed by atoms with van der Waals surface area (Å²) < 4.78 is 19.1. The molecule has 0 bridgehead atoms. The molecule has 1 aliphatic heterocycles. The van der Waals surface area contributed by atoms with Crippen LogP contribution in [0.5, 0.6) is 0 Å². The van der Waals surface area contributed by atoms with Gasteiger partial charge in [0.05, 0.1) is 19.4 Å². The van der Waals surface area contributed by atoms with E-state index in [-0.39, 0.29) is 5.56 Å². The molecule has 1 saturated heterocycles. The lowest BCUT2D eigenvalue weighted by molar-refractivity contribution is -0.0537. The number of hydrogen-bond donors (Lipinski definition) is 3. The van der Waals surface area contributed by atoms with Crippen molar-refractivity contribution >= 4 is 0 Å². The van der Waals surface area contributed by atoms with Crippen molar-refractivity contribution in [2.75, 3.05) is 13.3 Å². The Kier molecular flexibility index (Phi) is 3.83. The Bertz CT molecular complexity index is 569. The molecule has 0 aliphatic carbocycles. The lowest BCUT2D eigenvalue weighted by Gasteiger charge is -2.18. The molecule has 0 spiro atoms. The molecule has 8 heteroatoms. The molecular weight excluding hydrogens is 259 g/mol. The van der Waals surface area contributed by atoms with Gasteiger partial charge in [0.25, 0.3) is 5.56 Å². The Balaban J connectivity index is 2.41. The number of alkyl halides is 1. The lowest BCUT2D eigenvalue weighted by Crippen LogP contribution is -2.37. The van der Waals surface area contributed by atoms with Crippen LogP contribution in [0.25, 0.3) is 0 Å². The summed E-state index contributed by atoms with van der Waals surface area (Å²) in [4.78, 5) is 25.0.